The van der Waals surface area contributed by atoms with Gasteiger partial charge in [0.25, 0.3) is 0 Å². The Labute approximate surface area is 163 Å². The fraction of sp³-hybridized carbons (Fsp3) is 0.778. The second-order valence-electron chi connectivity index (χ2n) is 5.70. The number of carbonyl (C=O) groups excluding carboxylic acids is 2. The summed E-state index contributed by atoms with van der Waals surface area (Å²) in [4.78, 5) is 21.2. The quantitative estimate of drug-likeness (QED) is 0.193. The van der Waals surface area contributed by atoms with Gasteiger partial charge in [-0.05, 0) is 25.3 Å². The largest absolute Gasteiger partial charge is 1.00 e. The van der Waals surface area contributed by atoms with Crippen molar-refractivity contribution in [3.05, 3.63) is 12.3 Å². The molecule has 0 fully saturated rings. The first kappa shape index (κ1) is 24.9. The Morgan fingerprint density at radius 3 is 1.91 bits per heavy atom. The fourth-order valence-corrected chi connectivity index (χ4v) is 2.20. The molecule has 0 aromatic heterocycles. The molecule has 5 heteroatoms. The number of rotatable bonds is 15. The van der Waals surface area contributed by atoms with Gasteiger partial charge in [0.05, 0.1) is 12.7 Å². The van der Waals surface area contributed by atoms with E-state index in [9.17, 15) is 14.7 Å². The van der Waals surface area contributed by atoms with Crippen LogP contribution >= 0.6 is 0 Å². The van der Waals surface area contributed by atoms with E-state index >= 15 is 0 Å². The Kier molecular flexibility index (Phi) is 21.4. The predicted octanol–water partition coefficient (Wildman–Crippen LogP) is 0.888. The van der Waals surface area contributed by atoms with Crippen LogP contribution in [0.4, 0.5) is 0 Å². The van der Waals surface area contributed by atoms with E-state index in [1.165, 1.54) is 64.0 Å². The first-order valence-electron chi connectivity index (χ1n) is 8.71. The van der Waals surface area contributed by atoms with Crippen molar-refractivity contribution in [2.45, 2.75) is 90.4 Å². The van der Waals surface area contributed by atoms with E-state index < -0.39 is 11.9 Å². The van der Waals surface area contributed by atoms with Gasteiger partial charge in [-0.1, -0.05) is 64.7 Å². The van der Waals surface area contributed by atoms with E-state index in [0.29, 0.717) is 0 Å². The summed E-state index contributed by atoms with van der Waals surface area (Å²) in [5.41, 5.74) is 0. The average molecular weight is 334 g/mol. The molecule has 0 aromatic carbocycles. The van der Waals surface area contributed by atoms with Crippen molar-refractivity contribution in [2.24, 2.45) is 0 Å². The standard InChI is InChI=1S/C18H32O4.Na/c1-2-3-4-5-6-7-8-9-10-11-12-13-16-22-18(21)15-14-17(19)20;/h13,16H,2-12,14-15H2,1H3,(H,19,20);/q;+1/p-1/b16-13+;. The van der Waals surface area contributed by atoms with E-state index in [1.807, 2.05) is 6.08 Å². The summed E-state index contributed by atoms with van der Waals surface area (Å²) < 4.78 is 4.77. The minimum Gasteiger partial charge on any atom is -0.550 e. The molecule has 4 nitrogen and oxygen atoms in total. The Morgan fingerprint density at radius 2 is 1.39 bits per heavy atom. The third-order valence-electron chi connectivity index (χ3n) is 3.55. The zero-order chi connectivity index (χ0) is 16.5. The smallest absolute Gasteiger partial charge is 0.550 e. The average Bonchev–Trinajstić information content (AvgIpc) is 2.49. The van der Waals surface area contributed by atoms with Gasteiger partial charge in [0.15, 0.2) is 0 Å². The second-order valence-corrected chi connectivity index (χ2v) is 5.70. The van der Waals surface area contributed by atoms with Crippen molar-refractivity contribution in [1.82, 2.24) is 0 Å². The zero-order valence-electron chi connectivity index (χ0n) is 15.0. The zero-order valence-corrected chi connectivity index (χ0v) is 17.0. The number of esters is 1. The third-order valence-corrected chi connectivity index (χ3v) is 3.55. The van der Waals surface area contributed by atoms with Crippen molar-refractivity contribution in [3.63, 3.8) is 0 Å². The molecule has 0 aliphatic heterocycles. The molecule has 0 heterocycles. The van der Waals surface area contributed by atoms with E-state index in [4.69, 9.17) is 4.74 Å². The number of hydrogen-bond acceptors (Lipinski definition) is 4. The van der Waals surface area contributed by atoms with Crippen LogP contribution in [0.2, 0.25) is 0 Å². The summed E-state index contributed by atoms with van der Waals surface area (Å²) in [6, 6.07) is 0. The van der Waals surface area contributed by atoms with Gasteiger partial charge >= 0.3 is 35.5 Å². The van der Waals surface area contributed by atoms with Gasteiger partial charge < -0.3 is 14.6 Å². The fourth-order valence-electron chi connectivity index (χ4n) is 2.20. The molecule has 0 amide bonds. The topological polar surface area (TPSA) is 66.4 Å². The number of unbranched alkanes of at least 4 members (excludes halogenated alkanes) is 10. The minimum atomic E-state index is -1.23. The van der Waals surface area contributed by atoms with Crippen LogP contribution in [0.15, 0.2) is 12.3 Å². The summed E-state index contributed by atoms with van der Waals surface area (Å²) in [5.74, 6) is -1.75. The number of ether oxygens (including phenoxy) is 1. The monoisotopic (exact) mass is 334 g/mol. The van der Waals surface area contributed by atoms with Gasteiger partial charge in [0.2, 0.25) is 0 Å². The van der Waals surface area contributed by atoms with Crippen LogP contribution in [0, 0.1) is 0 Å². The van der Waals surface area contributed by atoms with Gasteiger partial charge in [-0.2, -0.15) is 0 Å². The van der Waals surface area contributed by atoms with Gasteiger partial charge in [0, 0.05) is 5.97 Å². The summed E-state index contributed by atoms with van der Waals surface area (Å²) in [6.45, 7) is 2.24. The molecule has 0 saturated heterocycles. The third kappa shape index (κ3) is 21.7. The SMILES string of the molecule is CCCCCCCCCCCC/C=C/OC(=O)CCC(=O)[O-].[Na+]. The van der Waals surface area contributed by atoms with Gasteiger partial charge in [-0.25, -0.2) is 0 Å². The van der Waals surface area contributed by atoms with Crippen LogP contribution < -0.4 is 34.7 Å². The van der Waals surface area contributed by atoms with Gasteiger partial charge in [-0.3, -0.25) is 4.79 Å². The first-order chi connectivity index (χ1) is 10.7. The summed E-state index contributed by atoms with van der Waals surface area (Å²) in [5, 5.41) is 10.2. The van der Waals surface area contributed by atoms with Crippen molar-refractivity contribution in [1.29, 1.82) is 0 Å². The molecule has 0 aliphatic rings. The predicted molar refractivity (Wildman–Crippen MR) is 85.9 cm³/mol. The normalized spacial score (nSPS) is 10.5. The molecule has 0 saturated carbocycles. The van der Waals surface area contributed by atoms with E-state index in [-0.39, 0.29) is 42.4 Å². The summed E-state index contributed by atoms with van der Waals surface area (Å²) >= 11 is 0. The number of hydrogen-bond donors (Lipinski definition) is 0. The van der Waals surface area contributed by atoms with Crippen LogP contribution in [0.25, 0.3) is 0 Å². The van der Waals surface area contributed by atoms with E-state index in [2.05, 4.69) is 6.92 Å². The number of carbonyl (C=O) groups is 2. The molecule has 0 atom stereocenters. The number of aliphatic carboxylic acids is 1. The van der Waals surface area contributed by atoms with Crippen LogP contribution in [0.5, 0.6) is 0 Å². The maximum atomic E-state index is 11.1. The molecule has 23 heavy (non-hydrogen) atoms. The van der Waals surface area contributed by atoms with Gasteiger partial charge in [-0.15, -0.1) is 0 Å². The molecule has 0 bridgehead atoms. The van der Waals surface area contributed by atoms with Crippen molar-refractivity contribution in [3.8, 4) is 0 Å². The van der Waals surface area contributed by atoms with E-state index in [0.717, 1.165) is 12.8 Å². The Balaban J connectivity index is 0. The van der Waals surface area contributed by atoms with Crippen LogP contribution in [-0.2, 0) is 14.3 Å². The maximum Gasteiger partial charge on any atom is 1.00 e. The minimum absolute atomic E-state index is 0. The van der Waals surface area contributed by atoms with Gasteiger partial charge in [0.1, 0.15) is 0 Å². The molecule has 0 aromatic rings. The number of allylic oxidation sites excluding steroid dienone is 1. The van der Waals surface area contributed by atoms with E-state index in [1.54, 1.807) is 0 Å². The molecular formula is C18H31NaO4. The molecule has 0 spiro atoms. The molecule has 0 unspecified atom stereocenters. The van der Waals surface area contributed by atoms with Crippen LogP contribution in [0.3, 0.4) is 0 Å². The maximum absolute atomic E-state index is 11.1. The first-order valence-corrected chi connectivity index (χ1v) is 8.71. The molecule has 0 rings (SSSR count). The number of carboxylic acid groups (broad SMARTS) is 1. The van der Waals surface area contributed by atoms with Crippen molar-refractivity contribution >= 4 is 11.9 Å². The Morgan fingerprint density at radius 1 is 0.870 bits per heavy atom. The Bertz CT molecular complexity index is 316. The van der Waals surface area contributed by atoms with Crippen LogP contribution in [-0.4, -0.2) is 11.9 Å². The Hall–Kier alpha value is -0.320. The molecular weight excluding hydrogens is 303 g/mol. The van der Waals surface area contributed by atoms with Crippen molar-refractivity contribution < 1.29 is 49.0 Å². The van der Waals surface area contributed by atoms with Crippen molar-refractivity contribution in [2.75, 3.05) is 0 Å². The molecule has 0 aliphatic carbocycles. The number of carboxylic acids is 1. The van der Waals surface area contributed by atoms with Crippen LogP contribution in [0.1, 0.15) is 90.4 Å². The molecule has 0 N–H and O–H groups in total. The summed E-state index contributed by atoms with van der Waals surface area (Å²) in [7, 11) is 0. The second kappa shape index (κ2) is 19.7. The molecule has 0 radical (unpaired) electrons. The summed E-state index contributed by atoms with van der Waals surface area (Å²) in [6.07, 6.45) is 16.7. The molecule has 128 valence electrons.